The van der Waals surface area contributed by atoms with E-state index in [4.69, 9.17) is 11.8 Å². The summed E-state index contributed by atoms with van der Waals surface area (Å²) in [5.74, 6) is -0.314. The summed E-state index contributed by atoms with van der Waals surface area (Å²) in [4.78, 5) is 3.79. The fourth-order valence-corrected chi connectivity index (χ4v) is 1.35. The van der Waals surface area contributed by atoms with Gasteiger partial charge in [0.1, 0.15) is 12.1 Å². The van der Waals surface area contributed by atoms with Crippen LogP contribution < -0.4 is 4.74 Å². The van der Waals surface area contributed by atoms with E-state index >= 15 is 0 Å². The van der Waals surface area contributed by atoms with Gasteiger partial charge in [-0.05, 0) is 12.1 Å². The van der Waals surface area contributed by atoms with Gasteiger partial charge in [-0.3, -0.25) is 0 Å². The second-order valence-corrected chi connectivity index (χ2v) is 3.12. The molecule has 1 aromatic carbocycles. The quantitative estimate of drug-likeness (QED) is 0.761. The Hall–Kier alpha value is -1.43. The Bertz CT molecular complexity index is 494. The van der Waals surface area contributed by atoms with Crippen molar-refractivity contribution in [3.63, 3.8) is 0 Å². The molecule has 2 rings (SSSR count). The lowest BCUT2D eigenvalue weighted by atomic mass is 10.3. The summed E-state index contributed by atoms with van der Waals surface area (Å²) in [7, 11) is 0. The Balaban J connectivity index is 2.39. The van der Waals surface area contributed by atoms with Crippen molar-refractivity contribution in [2.75, 3.05) is 0 Å². The number of imidazole rings is 1. The van der Waals surface area contributed by atoms with Crippen molar-refractivity contribution in [1.29, 1.82) is 0 Å². The van der Waals surface area contributed by atoms with Crippen molar-refractivity contribution in [2.45, 2.75) is 6.36 Å². The van der Waals surface area contributed by atoms with E-state index in [0.717, 1.165) is 0 Å². The van der Waals surface area contributed by atoms with Gasteiger partial charge >= 0.3 is 6.36 Å². The summed E-state index contributed by atoms with van der Waals surface area (Å²) in [5.41, 5.74) is 0.859. The summed E-state index contributed by atoms with van der Waals surface area (Å²) < 4.78 is 40.5. The van der Waals surface area contributed by atoms with Gasteiger partial charge in [0.2, 0.25) is 0 Å². The average molecular weight is 237 g/mol. The van der Waals surface area contributed by atoms with Crippen LogP contribution in [0.1, 0.15) is 0 Å². The molecule has 0 aliphatic rings. The molecule has 3 nitrogen and oxygen atoms in total. The standard InChI is InChI=1S/C8H4ClF3N2O/c9-14-4-13-6-3-5(1-2-7(6)14)15-8(10,11)12/h1-4H. The van der Waals surface area contributed by atoms with Gasteiger partial charge in [0.15, 0.2) is 0 Å². The zero-order valence-electron chi connectivity index (χ0n) is 7.12. The van der Waals surface area contributed by atoms with E-state index in [0.29, 0.717) is 11.0 Å². The molecule has 0 aliphatic carbocycles. The average Bonchev–Trinajstić information content (AvgIpc) is 2.45. The number of rotatable bonds is 1. The fourth-order valence-electron chi connectivity index (χ4n) is 1.16. The number of alkyl halides is 3. The zero-order chi connectivity index (χ0) is 11.1. The van der Waals surface area contributed by atoms with Crippen LogP contribution in [0, 0.1) is 0 Å². The fraction of sp³-hybridized carbons (Fsp3) is 0.125. The summed E-state index contributed by atoms with van der Waals surface area (Å²) in [6.07, 6.45) is -3.40. The first-order valence-corrected chi connectivity index (χ1v) is 4.18. The molecule has 0 amide bonds. The second kappa shape index (κ2) is 3.30. The Morgan fingerprint density at radius 2 is 2.07 bits per heavy atom. The number of fused-ring (bicyclic) bond motifs is 1. The molecular formula is C8H4ClF3N2O. The van der Waals surface area contributed by atoms with Crippen LogP contribution in [0.3, 0.4) is 0 Å². The molecule has 0 fully saturated rings. The minimum absolute atomic E-state index is 0.314. The molecule has 0 aliphatic heterocycles. The molecule has 0 saturated carbocycles. The number of halogens is 4. The number of hydrogen-bond donors (Lipinski definition) is 0. The van der Waals surface area contributed by atoms with Crippen LogP contribution in [0.4, 0.5) is 13.2 Å². The van der Waals surface area contributed by atoms with Gasteiger partial charge in [-0.15, -0.1) is 13.2 Å². The summed E-state index contributed by atoms with van der Waals surface area (Å²) >= 11 is 5.65. The minimum atomic E-state index is -4.70. The predicted octanol–water partition coefficient (Wildman–Crippen LogP) is 2.94. The van der Waals surface area contributed by atoms with Crippen LogP contribution in [0.25, 0.3) is 11.0 Å². The maximum absolute atomic E-state index is 11.9. The van der Waals surface area contributed by atoms with Crippen molar-refractivity contribution in [3.05, 3.63) is 24.5 Å². The van der Waals surface area contributed by atoms with Crippen LogP contribution in [0.15, 0.2) is 24.5 Å². The maximum Gasteiger partial charge on any atom is 0.573 e. The monoisotopic (exact) mass is 236 g/mol. The highest BCUT2D eigenvalue weighted by Gasteiger charge is 2.31. The van der Waals surface area contributed by atoms with Crippen LogP contribution in [-0.2, 0) is 0 Å². The van der Waals surface area contributed by atoms with Gasteiger partial charge in [-0.25, -0.2) is 9.07 Å². The SMILES string of the molecule is FC(F)(F)Oc1ccc2c(c1)ncn2Cl. The van der Waals surface area contributed by atoms with Crippen molar-refractivity contribution >= 4 is 22.8 Å². The minimum Gasteiger partial charge on any atom is -0.406 e. The number of nitrogens with zero attached hydrogens (tertiary/aromatic N) is 2. The van der Waals surface area contributed by atoms with Crippen LogP contribution in [-0.4, -0.2) is 15.4 Å². The Kier molecular flexibility index (Phi) is 2.22. The van der Waals surface area contributed by atoms with Gasteiger partial charge in [-0.2, -0.15) is 0 Å². The first-order chi connectivity index (χ1) is 6.96. The molecule has 0 spiro atoms. The third-order valence-electron chi connectivity index (χ3n) is 1.71. The topological polar surface area (TPSA) is 27.1 Å². The molecule has 1 aromatic heterocycles. The molecule has 15 heavy (non-hydrogen) atoms. The van der Waals surface area contributed by atoms with E-state index in [1.165, 1.54) is 28.6 Å². The van der Waals surface area contributed by atoms with Gasteiger partial charge in [0.05, 0.1) is 11.0 Å². The van der Waals surface area contributed by atoms with Crippen molar-refractivity contribution < 1.29 is 17.9 Å². The number of ether oxygens (including phenoxy) is 1. The number of benzene rings is 1. The number of aromatic nitrogens is 2. The van der Waals surface area contributed by atoms with Crippen LogP contribution in [0.2, 0.25) is 0 Å². The highest BCUT2D eigenvalue weighted by molar-refractivity contribution is 6.18. The van der Waals surface area contributed by atoms with E-state index in [-0.39, 0.29) is 5.75 Å². The van der Waals surface area contributed by atoms with Gasteiger partial charge in [-0.1, -0.05) is 0 Å². The van der Waals surface area contributed by atoms with Gasteiger partial charge < -0.3 is 4.74 Å². The van der Waals surface area contributed by atoms with E-state index in [1.54, 1.807) is 0 Å². The molecule has 0 N–H and O–H groups in total. The zero-order valence-corrected chi connectivity index (χ0v) is 7.88. The summed E-state index contributed by atoms with van der Waals surface area (Å²) in [6.45, 7) is 0. The largest absolute Gasteiger partial charge is 0.573 e. The van der Waals surface area contributed by atoms with Crippen molar-refractivity contribution in [1.82, 2.24) is 9.07 Å². The smallest absolute Gasteiger partial charge is 0.406 e. The van der Waals surface area contributed by atoms with Gasteiger partial charge in [0.25, 0.3) is 0 Å². The molecule has 0 saturated heterocycles. The summed E-state index contributed by atoms with van der Waals surface area (Å²) in [6, 6.07) is 3.74. The third kappa shape index (κ3) is 2.15. The van der Waals surface area contributed by atoms with E-state index in [1.807, 2.05) is 0 Å². The molecule has 0 unspecified atom stereocenters. The molecule has 0 radical (unpaired) electrons. The molecule has 0 bridgehead atoms. The second-order valence-electron chi connectivity index (χ2n) is 2.75. The lowest BCUT2D eigenvalue weighted by molar-refractivity contribution is -0.274. The van der Waals surface area contributed by atoms with Gasteiger partial charge in [0, 0.05) is 17.8 Å². The lowest BCUT2D eigenvalue weighted by Crippen LogP contribution is -2.16. The Labute approximate surface area is 87.1 Å². The molecule has 7 heteroatoms. The Morgan fingerprint density at radius 1 is 1.33 bits per heavy atom. The summed E-state index contributed by atoms with van der Waals surface area (Å²) in [5, 5.41) is 0. The van der Waals surface area contributed by atoms with E-state index < -0.39 is 6.36 Å². The van der Waals surface area contributed by atoms with Crippen molar-refractivity contribution in [2.24, 2.45) is 0 Å². The van der Waals surface area contributed by atoms with E-state index in [9.17, 15) is 13.2 Å². The molecule has 2 aromatic rings. The lowest BCUT2D eigenvalue weighted by Gasteiger charge is -2.07. The number of hydrogen-bond acceptors (Lipinski definition) is 2. The van der Waals surface area contributed by atoms with Crippen LogP contribution >= 0.6 is 11.8 Å². The molecular weight excluding hydrogens is 233 g/mol. The van der Waals surface area contributed by atoms with E-state index in [2.05, 4.69) is 9.72 Å². The molecule has 0 atom stereocenters. The maximum atomic E-state index is 11.9. The van der Waals surface area contributed by atoms with Crippen molar-refractivity contribution in [3.8, 4) is 5.75 Å². The normalized spacial score (nSPS) is 12.0. The highest BCUT2D eigenvalue weighted by Crippen LogP contribution is 2.26. The predicted molar refractivity (Wildman–Crippen MR) is 47.7 cm³/mol. The third-order valence-corrected chi connectivity index (χ3v) is 1.98. The molecule has 1 heterocycles. The Morgan fingerprint density at radius 3 is 2.73 bits per heavy atom. The first-order valence-electron chi connectivity index (χ1n) is 3.85. The highest BCUT2D eigenvalue weighted by atomic mass is 35.5. The van der Waals surface area contributed by atoms with Crippen LogP contribution in [0.5, 0.6) is 5.75 Å². The first kappa shape index (κ1) is 10.1. The molecule has 80 valence electrons.